The highest BCUT2D eigenvalue weighted by atomic mass is 35.5. The molecule has 7 heteroatoms. The molecule has 3 rings (SSSR count). The van der Waals surface area contributed by atoms with Gasteiger partial charge >= 0.3 is 0 Å². The second-order valence-corrected chi connectivity index (χ2v) is 6.14. The van der Waals surface area contributed by atoms with E-state index in [0.717, 1.165) is 11.1 Å². The number of hydrogen-bond acceptors (Lipinski definition) is 5. The van der Waals surface area contributed by atoms with Crippen molar-refractivity contribution in [1.29, 1.82) is 0 Å². The molecule has 1 heterocycles. The molecule has 0 spiro atoms. The number of nitrogens with one attached hydrogen (secondary N) is 1. The smallest absolute Gasteiger partial charge is 0.272 e. The topological polar surface area (TPSA) is 72.8 Å². The summed E-state index contributed by atoms with van der Waals surface area (Å²) in [4.78, 5) is 15.8. The summed E-state index contributed by atoms with van der Waals surface area (Å²) in [7, 11) is 1.56. The van der Waals surface area contributed by atoms with Gasteiger partial charge in [0.1, 0.15) is 6.61 Å². The van der Waals surface area contributed by atoms with Crippen LogP contribution in [0.25, 0.3) is 0 Å². The molecule has 0 aliphatic heterocycles. The molecule has 0 bridgehead atoms. The highest BCUT2D eigenvalue weighted by Gasteiger charge is 2.07. The van der Waals surface area contributed by atoms with Crippen molar-refractivity contribution in [1.82, 2.24) is 10.4 Å². The molecule has 0 atom stereocenters. The number of amides is 1. The van der Waals surface area contributed by atoms with Crippen molar-refractivity contribution in [3.8, 4) is 11.5 Å². The average Bonchev–Trinajstić information content (AvgIpc) is 2.74. The lowest BCUT2D eigenvalue weighted by atomic mass is 10.2. The van der Waals surface area contributed by atoms with E-state index in [4.69, 9.17) is 21.1 Å². The van der Waals surface area contributed by atoms with Gasteiger partial charge in [0.15, 0.2) is 11.5 Å². The van der Waals surface area contributed by atoms with Crippen molar-refractivity contribution in [2.24, 2.45) is 5.10 Å². The van der Waals surface area contributed by atoms with Gasteiger partial charge in [-0.1, -0.05) is 29.8 Å². The molecule has 0 saturated heterocycles. The first-order chi connectivity index (χ1) is 13.7. The number of benzene rings is 2. The third kappa shape index (κ3) is 5.08. The van der Waals surface area contributed by atoms with Crippen molar-refractivity contribution in [2.75, 3.05) is 7.11 Å². The van der Waals surface area contributed by atoms with Crippen molar-refractivity contribution in [3.05, 3.63) is 88.7 Å². The minimum atomic E-state index is -0.337. The van der Waals surface area contributed by atoms with E-state index in [1.165, 1.54) is 12.4 Å². The van der Waals surface area contributed by atoms with Crippen LogP contribution in [0.2, 0.25) is 5.02 Å². The van der Waals surface area contributed by atoms with Crippen molar-refractivity contribution >= 4 is 23.7 Å². The zero-order chi connectivity index (χ0) is 19.8. The van der Waals surface area contributed by atoms with Gasteiger partial charge in [-0.15, -0.1) is 0 Å². The van der Waals surface area contributed by atoms with E-state index in [2.05, 4.69) is 15.5 Å². The summed E-state index contributed by atoms with van der Waals surface area (Å²) in [5.41, 5.74) is 4.52. The minimum Gasteiger partial charge on any atom is -0.493 e. The SMILES string of the molecule is COc1cc(C=NNC(=O)c2cccnc2)ccc1OCc1ccccc1Cl. The number of hydrogen-bond donors (Lipinski definition) is 1. The van der Waals surface area contributed by atoms with E-state index in [9.17, 15) is 4.79 Å². The Morgan fingerprint density at radius 3 is 2.79 bits per heavy atom. The molecule has 0 saturated carbocycles. The standard InChI is InChI=1S/C21H18ClN3O3/c1-27-20-11-15(12-24-25-21(26)16-6-4-10-23-13-16)8-9-19(20)28-14-17-5-2-3-7-18(17)22/h2-13H,14H2,1H3,(H,25,26). The Labute approximate surface area is 167 Å². The first-order valence-corrected chi connectivity index (χ1v) is 8.83. The first-order valence-electron chi connectivity index (χ1n) is 8.45. The van der Waals surface area contributed by atoms with Crippen LogP contribution in [-0.4, -0.2) is 24.2 Å². The molecule has 142 valence electrons. The minimum absolute atomic E-state index is 0.324. The van der Waals surface area contributed by atoms with Crippen LogP contribution < -0.4 is 14.9 Å². The molecule has 0 aliphatic rings. The fourth-order valence-corrected chi connectivity index (χ4v) is 2.57. The van der Waals surface area contributed by atoms with Gasteiger partial charge in [-0.05, 0) is 42.0 Å². The number of carbonyl (C=O) groups is 1. The van der Waals surface area contributed by atoms with Crippen LogP contribution in [0.4, 0.5) is 0 Å². The Bertz CT molecular complexity index is 978. The van der Waals surface area contributed by atoms with Crippen molar-refractivity contribution < 1.29 is 14.3 Å². The number of rotatable bonds is 7. The van der Waals surface area contributed by atoms with Crippen LogP contribution >= 0.6 is 11.6 Å². The van der Waals surface area contributed by atoms with Crippen molar-refractivity contribution in [3.63, 3.8) is 0 Å². The molecule has 28 heavy (non-hydrogen) atoms. The average molecular weight is 396 g/mol. The van der Waals surface area contributed by atoms with E-state index in [1.807, 2.05) is 30.3 Å². The largest absolute Gasteiger partial charge is 0.493 e. The summed E-state index contributed by atoms with van der Waals surface area (Å²) in [5, 5.41) is 4.61. The molecule has 1 N–H and O–H groups in total. The van der Waals surface area contributed by atoms with Crippen LogP contribution in [0.1, 0.15) is 21.5 Å². The quantitative estimate of drug-likeness (QED) is 0.483. The summed E-state index contributed by atoms with van der Waals surface area (Å²) < 4.78 is 11.2. The summed E-state index contributed by atoms with van der Waals surface area (Å²) in [6, 6.07) is 16.2. The summed E-state index contributed by atoms with van der Waals surface area (Å²) in [5.74, 6) is 0.796. The summed E-state index contributed by atoms with van der Waals surface area (Å²) >= 11 is 6.15. The first kappa shape index (κ1) is 19.4. The number of hydrazone groups is 1. The van der Waals surface area contributed by atoms with Gasteiger partial charge < -0.3 is 9.47 Å². The molecule has 0 unspecified atom stereocenters. The van der Waals surface area contributed by atoms with E-state index < -0.39 is 0 Å². The lowest BCUT2D eigenvalue weighted by Gasteiger charge is -2.12. The van der Waals surface area contributed by atoms with E-state index in [-0.39, 0.29) is 5.91 Å². The fraction of sp³-hybridized carbons (Fsp3) is 0.0952. The van der Waals surface area contributed by atoms with E-state index >= 15 is 0 Å². The van der Waals surface area contributed by atoms with Crippen LogP contribution in [-0.2, 0) is 6.61 Å². The van der Waals surface area contributed by atoms with E-state index in [1.54, 1.807) is 37.6 Å². The molecule has 0 fully saturated rings. The molecule has 1 aromatic heterocycles. The predicted octanol–water partition coefficient (Wildman–Crippen LogP) is 4.09. The Kier molecular flexibility index (Phi) is 6.59. The van der Waals surface area contributed by atoms with Gasteiger partial charge in [0.05, 0.1) is 18.9 Å². The van der Waals surface area contributed by atoms with Gasteiger partial charge in [-0.3, -0.25) is 9.78 Å². The molecule has 1 amide bonds. The maximum absolute atomic E-state index is 11.9. The molecule has 0 radical (unpaired) electrons. The zero-order valence-corrected chi connectivity index (χ0v) is 15.9. The number of nitrogens with zero attached hydrogens (tertiary/aromatic N) is 2. The van der Waals surface area contributed by atoms with Gasteiger partial charge in [0, 0.05) is 23.0 Å². The van der Waals surface area contributed by atoms with Crippen molar-refractivity contribution in [2.45, 2.75) is 6.61 Å². The van der Waals surface area contributed by atoms with Crippen LogP contribution in [0, 0.1) is 0 Å². The number of pyridine rings is 1. The molecular weight excluding hydrogens is 378 g/mol. The predicted molar refractivity (Wildman–Crippen MR) is 108 cm³/mol. The van der Waals surface area contributed by atoms with Crippen LogP contribution in [0.5, 0.6) is 11.5 Å². The lowest BCUT2D eigenvalue weighted by molar-refractivity contribution is 0.0955. The number of carbonyl (C=O) groups excluding carboxylic acids is 1. The third-order valence-corrected chi connectivity index (χ3v) is 4.20. The zero-order valence-electron chi connectivity index (χ0n) is 15.1. The number of ether oxygens (including phenoxy) is 2. The number of aromatic nitrogens is 1. The van der Waals surface area contributed by atoms with Gasteiger partial charge in [0.2, 0.25) is 0 Å². The Morgan fingerprint density at radius 1 is 1.18 bits per heavy atom. The molecular formula is C21H18ClN3O3. The maximum Gasteiger partial charge on any atom is 0.272 e. The Hall–Kier alpha value is -3.38. The Morgan fingerprint density at radius 2 is 2.04 bits per heavy atom. The highest BCUT2D eigenvalue weighted by molar-refractivity contribution is 6.31. The maximum atomic E-state index is 11.9. The van der Waals surface area contributed by atoms with E-state index in [0.29, 0.717) is 28.7 Å². The number of methoxy groups -OCH3 is 1. The second kappa shape index (κ2) is 9.53. The Balaban J connectivity index is 1.64. The number of halogens is 1. The lowest BCUT2D eigenvalue weighted by Crippen LogP contribution is -2.17. The normalized spacial score (nSPS) is 10.6. The monoisotopic (exact) mass is 395 g/mol. The molecule has 6 nitrogen and oxygen atoms in total. The van der Waals surface area contributed by atoms with Gasteiger partial charge in [-0.2, -0.15) is 5.10 Å². The third-order valence-electron chi connectivity index (χ3n) is 3.83. The molecule has 2 aromatic carbocycles. The molecule has 3 aromatic rings. The van der Waals surface area contributed by atoms with Gasteiger partial charge in [-0.25, -0.2) is 5.43 Å². The molecule has 0 aliphatic carbocycles. The van der Waals surface area contributed by atoms with Crippen LogP contribution in [0.15, 0.2) is 72.1 Å². The van der Waals surface area contributed by atoms with Gasteiger partial charge in [0.25, 0.3) is 5.91 Å². The summed E-state index contributed by atoms with van der Waals surface area (Å²) in [6.45, 7) is 0.324. The highest BCUT2D eigenvalue weighted by Crippen LogP contribution is 2.29. The second-order valence-electron chi connectivity index (χ2n) is 5.73. The van der Waals surface area contributed by atoms with Crippen LogP contribution in [0.3, 0.4) is 0 Å². The summed E-state index contributed by atoms with van der Waals surface area (Å²) in [6.07, 6.45) is 4.59. The fourth-order valence-electron chi connectivity index (χ4n) is 2.38.